The third-order valence-corrected chi connectivity index (χ3v) is 3.69. The lowest BCUT2D eigenvalue weighted by Crippen LogP contribution is -1.94. The molecule has 2 heteroatoms. The monoisotopic (exact) mass is 246 g/mol. The fourth-order valence-electron chi connectivity index (χ4n) is 2.84. The van der Waals surface area contributed by atoms with Gasteiger partial charge in [0.1, 0.15) is 5.75 Å². The van der Waals surface area contributed by atoms with E-state index in [0.717, 1.165) is 33.0 Å². The average Bonchev–Trinajstić information content (AvgIpc) is 2.73. The van der Waals surface area contributed by atoms with Gasteiger partial charge in [0, 0.05) is 16.7 Å². The van der Waals surface area contributed by atoms with Crippen LogP contribution in [-0.2, 0) is 0 Å². The Labute approximate surface area is 109 Å². The topological polar surface area (TPSA) is 37.3 Å². The highest BCUT2D eigenvalue weighted by atomic mass is 16.3. The fourth-order valence-corrected chi connectivity index (χ4v) is 2.84. The number of phenols is 1. The summed E-state index contributed by atoms with van der Waals surface area (Å²) in [5.41, 5.74) is 3.48. The summed E-state index contributed by atoms with van der Waals surface area (Å²) in [5.74, 6) is 0.325. The van der Waals surface area contributed by atoms with E-state index >= 15 is 0 Å². The Morgan fingerprint density at radius 3 is 2.42 bits per heavy atom. The van der Waals surface area contributed by atoms with E-state index in [0.29, 0.717) is 0 Å². The zero-order valence-electron chi connectivity index (χ0n) is 10.1. The van der Waals surface area contributed by atoms with Crippen LogP contribution in [-0.4, -0.2) is 10.9 Å². The molecule has 3 aromatic carbocycles. The molecule has 0 spiro atoms. The van der Waals surface area contributed by atoms with Gasteiger partial charge in [0.25, 0.3) is 0 Å². The Bertz CT molecular complexity index is 847. The van der Waals surface area contributed by atoms with E-state index < -0.39 is 0 Å². The van der Waals surface area contributed by atoms with Crippen LogP contribution in [0.5, 0.6) is 5.75 Å². The van der Waals surface area contributed by atoms with Crippen molar-refractivity contribution in [3.05, 3.63) is 65.7 Å². The van der Waals surface area contributed by atoms with Gasteiger partial charge in [0.2, 0.25) is 0 Å². The van der Waals surface area contributed by atoms with Crippen LogP contribution in [0.15, 0.2) is 54.6 Å². The van der Waals surface area contributed by atoms with Gasteiger partial charge in [-0.15, -0.1) is 0 Å². The second kappa shape index (κ2) is 3.45. The van der Waals surface area contributed by atoms with Crippen LogP contribution in [0.4, 0.5) is 0 Å². The van der Waals surface area contributed by atoms with E-state index in [1.165, 1.54) is 0 Å². The first-order chi connectivity index (χ1) is 9.25. The third-order valence-electron chi connectivity index (χ3n) is 3.69. The second-order valence-electron chi connectivity index (χ2n) is 4.77. The van der Waals surface area contributed by atoms with Crippen molar-refractivity contribution in [3.63, 3.8) is 0 Å². The summed E-state index contributed by atoms with van der Waals surface area (Å²) in [6.45, 7) is 0. The Morgan fingerprint density at radius 1 is 0.789 bits per heavy atom. The fraction of sp³-hybridized carbons (Fsp3) is 0. The quantitative estimate of drug-likeness (QED) is 0.513. The summed E-state index contributed by atoms with van der Waals surface area (Å²) in [7, 11) is 0. The normalized spacial score (nSPS) is 12.5. The Hall–Kier alpha value is -2.61. The van der Waals surface area contributed by atoms with Gasteiger partial charge < -0.3 is 5.11 Å². The number of benzene rings is 3. The third kappa shape index (κ3) is 1.28. The van der Waals surface area contributed by atoms with E-state index in [4.69, 9.17) is 0 Å². The van der Waals surface area contributed by atoms with Gasteiger partial charge in [-0.2, -0.15) is 0 Å². The molecule has 0 aliphatic heterocycles. The maximum Gasteiger partial charge on any atom is 0.194 e. The molecule has 1 N–H and O–H groups in total. The van der Waals surface area contributed by atoms with Crippen molar-refractivity contribution >= 4 is 16.6 Å². The van der Waals surface area contributed by atoms with Crippen LogP contribution in [0.3, 0.4) is 0 Å². The number of aromatic hydroxyl groups is 1. The Morgan fingerprint density at radius 2 is 1.58 bits per heavy atom. The van der Waals surface area contributed by atoms with Crippen LogP contribution >= 0.6 is 0 Å². The first-order valence-corrected chi connectivity index (χ1v) is 6.15. The lowest BCUT2D eigenvalue weighted by Gasteiger charge is -2.06. The highest BCUT2D eigenvalue weighted by Gasteiger charge is 2.27. The number of ketones is 1. The van der Waals surface area contributed by atoms with E-state index in [2.05, 4.69) is 0 Å². The highest BCUT2D eigenvalue weighted by Crippen LogP contribution is 2.41. The molecular formula is C17H10O2. The molecule has 0 radical (unpaired) electrons. The first-order valence-electron chi connectivity index (χ1n) is 6.15. The summed E-state index contributed by atoms with van der Waals surface area (Å²) in [4.78, 5) is 12.3. The Kier molecular flexibility index (Phi) is 1.88. The second-order valence-corrected chi connectivity index (χ2v) is 4.77. The van der Waals surface area contributed by atoms with Gasteiger partial charge in [-0.3, -0.25) is 4.79 Å². The Balaban J connectivity index is 2.19. The largest absolute Gasteiger partial charge is 0.508 e. The molecule has 3 aromatic rings. The van der Waals surface area contributed by atoms with E-state index in [1.54, 1.807) is 12.1 Å². The lowest BCUT2D eigenvalue weighted by atomic mass is 9.98. The molecule has 90 valence electrons. The van der Waals surface area contributed by atoms with Gasteiger partial charge in [0.15, 0.2) is 5.78 Å². The van der Waals surface area contributed by atoms with Crippen LogP contribution in [0.2, 0.25) is 0 Å². The molecule has 0 unspecified atom stereocenters. The molecule has 0 saturated heterocycles. The number of fused-ring (bicyclic) bond motifs is 5. The van der Waals surface area contributed by atoms with Crippen molar-refractivity contribution in [1.82, 2.24) is 0 Å². The SMILES string of the molecule is O=C1c2ccccc2-c2c1ccc1cc(O)ccc21. The van der Waals surface area contributed by atoms with Gasteiger partial charge in [0.05, 0.1) is 0 Å². The number of phenolic OH excluding ortho intramolecular Hbond substituents is 1. The molecule has 0 saturated carbocycles. The zero-order valence-corrected chi connectivity index (χ0v) is 10.1. The lowest BCUT2D eigenvalue weighted by molar-refractivity contribution is 0.104. The minimum absolute atomic E-state index is 0.0839. The van der Waals surface area contributed by atoms with Crippen molar-refractivity contribution < 1.29 is 9.90 Å². The number of hydrogen-bond donors (Lipinski definition) is 1. The number of hydrogen-bond acceptors (Lipinski definition) is 2. The van der Waals surface area contributed by atoms with Crippen molar-refractivity contribution in [3.8, 4) is 16.9 Å². The summed E-state index contributed by atoms with van der Waals surface area (Å²) in [6.07, 6.45) is 0. The predicted molar refractivity (Wildman–Crippen MR) is 74.5 cm³/mol. The summed E-state index contributed by atoms with van der Waals surface area (Å²) >= 11 is 0. The highest BCUT2D eigenvalue weighted by molar-refractivity contribution is 6.25. The number of carbonyl (C=O) groups is 1. The molecule has 0 fully saturated rings. The molecule has 1 aliphatic carbocycles. The van der Waals surface area contributed by atoms with Gasteiger partial charge in [-0.1, -0.05) is 36.4 Å². The first kappa shape index (κ1) is 10.3. The van der Waals surface area contributed by atoms with E-state index in [-0.39, 0.29) is 11.5 Å². The molecule has 0 amide bonds. The van der Waals surface area contributed by atoms with E-state index in [9.17, 15) is 9.90 Å². The van der Waals surface area contributed by atoms with Crippen molar-refractivity contribution in [2.75, 3.05) is 0 Å². The number of rotatable bonds is 0. The van der Waals surface area contributed by atoms with Crippen molar-refractivity contribution in [2.45, 2.75) is 0 Å². The van der Waals surface area contributed by atoms with Gasteiger partial charge in [-0.05, 0) is 34.5 Å². The standard InChI is InChI=1S/C17H10O2/c18-11-6-8-12-10(9-11)5-7-15-16(12)13-3-1-2-4-14(13)17(15)19/h1-9,18H. The molecule has 4 rings (SSSR count). The van der Waals surface area contributed by atoms with Gasteiger partial charge in [-0.25, -0.2) is 0 Å². The molecule has 1 aliphatic rings. The summed E-state index contributed by atoms with van der Waals surface area (Å²) in [6, 6.07) is 16.7. The maximum atomic E-state index is 12.3. The molecule has 0 aromatic heterocycles. The summed E-state index contributed by atoms with van der Waals surface area (Å²) in [5, 5.41) is 11.5. The minimum atomic E-state index is 0.0839. The van der Waals surface area contributed by atoms with Crippen molar-refractivity contribution in [2.24, 2.45) is 0 Å². The zero-order chi connectivity index (χ0) is 13.0. The van der Waals surface area contributed by atoms with Gasteiger partial charge >= 0.3 is 0 Å². The van der Waals surface area contributed by atoms with Crippen LogP contribution in [0.1, 0.15) is 15.9 Å². The van der Waals surface area contributed by atoms with E-state index in [1.807, 2.05) is 42.5 Å². The summed E-state index contributed by atoms with van der Waals surface area (Å²) < 4.78 is 0. The van der Waals surface area contributed by atoms with Crippen LogP contribution < -0.4 is 0 Å². The smallest absolute Gasteiger partial charge is 0.194 e. The molecule has 0 bridgehead atoms. The molecule has 19 heavy (non-hydrogen) atoms. The predicted octanol–water partition coefficient (Wildman–Crippen LogP) is 3.76. The van der Waals surface area contributed by atoms with Crippen molar-refractivity contribution in [1.29, 1.82) is 0 Å². The minimum Gasteiger partial charge on any atom is -0.508 e. The van der Waals surface area contributed by atoms with Crippen LogP contribution in [0.25, 0.3) is 21.9 Å². The molecular weight excluding hydrogens is 236 g/mol. The molecule has 2 nitrogen and oxygen atoms in total. The molecule has 0 atom stereocenters. The maximum absolute atomic E-state index is 12.3. The van der Waals surface area contributed by atoms with Crippen LogP contribution in [0, 0.1) is 0 Å². The molecule has 0 heterocycles. The average molecular weight is 246 g/mol. The number of carbonyl (C=O) groups excluding carboxylic acids is 1.